The highest BCUT2D eigenvalue weighted by Gasteiger charge is 2.22. The molecule has 0 radical (unpaired) electrons. The Kier molecular flexibility index (Phi) is 4.43. The maximum atomic E-state index is 12.7. The van der Waals surface area contributed by atoms with E-state index in [2.05, 4.69) is 36.2 Å². The lowest BCUT2D eigenvalue weighted by molar-refractivity contribution is -0.116. The average Bonchev–Trinajstić information content (AvgIpc) is 3.05. The molecule has 146 valence electrons. The van der Waals surface area contributed by atoms with Crippen molar-refractivity contribution >= 4 is 49.5 Å². The summed E-state index contributed by atoms with van der Waals surface area (Å²) in [5.41, 5.74) is 2.81. The summed E-state index contributed by atoms with van der Waals surface area (Å²) in [5, 5.41) is 3.32. The van der Waals surface area contributed by atoms with Crippen LogP contribution < -0.4 is 10.9 Å². The lowest BCUT2D eigenvalue weighted by atomic mass is 9.85. The fourth-order valence-corrected chi connectivity index (χ4v) is 3.94. The number of carbonyl (C=O) groups excluding carboxylic acids is 1. The monoisotopic (exact) mass is 451 g/mol. The van der Waals surface area contributed by atoms with E-state index >= 15 is 0 Å². The maximum Gasteiger partial charge on any atom is 0.261 e. The maximum absolute atomic E-state index is 12.7. The van der Waals surface area contributed by atoms with Crippen LogP contribution in [0.1, 0.15) is 31.0 Å². The minimum absolute atomic E-state index is 0.109. The van der Waals surface area contributed by atoms with Gasteiger partial charge in [0.05, 0.1) is 28.3 Å². The zero-order valence-electron chi connectivity index (χ0n) is 15.5. The molecular formula is C21H18BrN5O2. The number of H-pyrrole nitrogens is 1. The molecule has 8 heteroatoms. The Morgan fingerprint density at radius 1 is 1.21 bits per heavy atom. The van der Waals surface area contributed by atoms with E-state index in [0.29, 0.717) is 22.5 Å². The third-order valence-corrected chi connectivity index (χ3v) is 5.87. The lowest BCUT2D eigenvalue weighted by Gasteiger charge is -2.22. The van der Waals surface area contributed by atoms with Crippen molar-refractivity contribution in [3.63, 3.8) is 0 Å². The van der Waals surface area contributed by atoms with Crippen molar-refractivity contribution in [3.8, 4) is 0 Å². The van der Waals surface area contributed by atoms with Gasteiger partial charge in [0.1, 0.15) is 12.4 Å². The van der Waals surface area contributed by atoms with Gasteiger partial charge in [0, 0.05) is 16.1 Å². The molecule has 4 aromatic rings. The minimum atomic E-state index is -0.290. The van der Waals surface area contributed by atoms with Gasteiger partial charge >= 0.3 is 0 Å². The number of aromatic nitrogens is 4. The second-order valence-corrected chi connectivity index (χ2v) is 8.28. The Bertz CT molecular complexity index is 1310. The van der Waals surface area contributed by atoms with Crippen molar-refractivity contribution < 1.29 is 4.79 Å². The summed E-state index contributed by atoms with van der Waals surface area (Å²) < 4.78 is 2.10. The zero-order valence-corrected chi connectivity index (χ0v) is 17.1. The van der Waals surface area contributed by atoms with E-state index in [0.717, 1.165) is 21.3 Å². The Morgan fingerprint density at radius 2 is 2.03 bits per heavy atom. The summed E-state index contributed by atoms with van der Waals surface area (Å²) in [7, 11) is 0. The number of carbonyl (C=O) groups is 1. The van der Waals surface area contributed by atoms with Crippen LogP contribution >= 0.6 is 15.9 Å². The normalized spacial score (nSPS) is 14.2. The number of amides is 1. The van der Waals surface area contributed by atoms with E-state index in [1.807, 2.05) is 24.3 Å². The molecule has 29 heavy (non-hydrogen) atoms. The smallest absolute Gasteiger partial charge is 0.261 e. The van der Waals surface area contributed by atoms with Crippen LogP contribution in [0.4, 0.5) is 5.69 Å². The quantitative estimate of drug-likeness (QED) is 0.491. The molecule has 1 fully saturated rings. The first-order valence-electron chi connectivity index (χ1n) is 9.51. The van der Waals surface area contributed by atoms with Crippen LogP contribution in [0.15, 0.2) is 52.0 Å². The van der Waals surface area contributed by atoms with E-state index in [-0.39, 0.29) is 18.0 Å². The lowest BCUT2D eigenvalue weighted by Crippen LogP contribution is -2.27. The number of rotatable bonds is 4. The number of fused-ring (bicyclic) bond motifs is 2. The largest absolute Gasteiger partial charge is 0.342 e. The van der Waals surface area contributed by atoms with Gasteiger partial charge in [-0.25, -0.2) is 9.97 Å². The van der Waals surface area contributed by atoms with Gasteiger partial charge in [-0.1, -0.05) is 22.4 Å². The van der Waals surface area contributed by atoms with Crippen LogP contribution in [0.3, 0.4) is 0 Å². The van der Waals surface area contributed by atoms with E-state index in [4.69, 9.17) is 0 Å². The molecular weight excluding hydrogens is 434 g/mol. The number of nitrogens with one attached hydrogen (secondary N) is 2. The van der Waals surface area contributed by atoms with Gasteiger partial charge in [0.15, 0.2) is 0 Å². The van der Waals surface area contributed by atoms with Gasteiger partial charge in [0.2, 0.25) is 5.91 Å². The first-order chi connectivity index (χ1) is 14.1. The molecule has 2 heterocycles. The van der Waals surface area contributed by atoms with Gasteiger partial charge in [-0.05, 0) is 49.2 Å². The van der Waals surface area contributed by atoms with Crippen LogP contribution in [-0.2, 0) is 11.3 Å². The molecule has 0 aliphatic heterocycles. The summed E-state index contributed by atoms with van der Waals surface area (Å²) in [6, 6.07) is 10.9. The number of halogens is 1. The third kappa shape index (κ3) is 3.44. The Hall–Kier alpha value is -3.00. The molecule has 7 nitrogen and oxygen atoms in total. The SMILES string of the molecule is O=C(Cn1cnc2ccc(Br)cc2c1=O)Nc1ccc2nc(C3CCC3)[nH]c2c1. The number of nitrogens with zero attached hydrogens (tertiary/aromatic N) is 3. The van der Waals surface area contributed by atoms with Crippen LogP contribution in [0, 0.1) is 0 Å². The summed E-state index contributed by atoms with van der Waals surface area (Å²) in [5.74, 6) is 1.25. The van der Waals surface area contributed by atoms with Crippen molar-refractivity contribution in [1.82, 2.24) is 19.5 Å². The van der Waals surface area contributed by atoms with Gasteiger partial charge in [-0.15, -0.1) is 0 Å². The summed E-state index contributed by atoms with van der Waals surface area (Å²) in [4.78, 5) is 37.4. The molecule has 1 saturated carbocycles. The van der Waals surface area contributed by atoms with E-state index in [9.17, 15) is 9.59 Å². The topological polar surface area (TPSA) is 92.7 Å². The number of hydrogen-bond donors (Lipinski definition) is 2. The highest BCUT2D eigenvalue weighted by atomic mass is 79.9. The predicted octanol–water partition coefficient (Wildman–Crippen LogP) is 3.94. The molecule has 2 aromatic heterocycles. The molecule has 0 unspecified atom stereocenters. The molecule has 5 rings (SSSR count). The summed E-state index contributed by atoms with van der Waals surface area (Å²) in [6.07, 6.45) is 5.01. The second kappa shape index (κ2) is 7.11. The van der Waals surface area contributed by atoms with E-state index < -0.39 is 0 Å². The van der Waals surface area contributed by atoms with Gasteiger partial charge in [-0.2, -0.15) is 0 Å². The molecule has 2 N–H and O–H groups in total. The number of aromatic amines is 1. The molecule has 1 amide bonds. The zero-order chi connectivity index (χ0) is 20.0. The Morgan fingerprint density at radius 3 is 2.83 bits per heavy atom. The Balaban J connectivity index is 1.35. The van der Waals surface area contributed by atoms with Crippen LogP contribution in [0.25, 0.3) is 21.9 Å². The molecule has 2 aromatic carbocycles. The first-order valence-corrected chi connectivity index (χ1v) is 10.3. The van der Waals surface area contributed by atoms with Crippen molar-refractivity contribution in [3.05, 3.63) is 63.4 Å². The fourth-order valence-electron chi connectivity index (χ4n) is 3.58. The van der Waals surface area contributed by atoms with Gasteiger partial charge < -0.3 is 10.3 Å². The minimum Gasteiger partial charge on any atom is -0.342 e. The van der Waals surface area contributed by atoms with Crippen LogP contribution in [0.5, 0.6) is 0 Å². The summed E-state index contributed by atoms with van der Waals surface area (Å²) >= 11 is 3.36. The third-order valence-electron chi connectivity index (χ3n) is 5.38. The molecule has 0 saturated heterocycles. The second-order valence-electron chi connectivity index (χ2n) is 7.37. The number of anilines is 1. The number of benzene rings is 2. The molecule has 0 spiro atoms. The van der Waals surface area contributed by atoms with Gasteiger partial charge in [0.25, 0.3) is 5.56 Å². The van der Waals surface area contributed by atoms with Gasteiger partial charge in [-0.3, -0.25) is 14.2 Å². The highest BCUT2D eigenvalue weighted by Crippen LogP contribution is 2.35. The first kappa shape index (κ1) is 18.1. The highest BCUT2D eigenvalue weighted by molar-refractivity contribution is 9.10. The molecule has 0 bridgehead atoms. The van der Waals surface area contributed by atoms with E-state index in [1.165, 1.54) is 30.2 Å². The summed E-state index contributed by atoms with van der Waals surface area (Å²) in [6.45, 7) is -0.109. The standard InChI is InChI=1S/C21H18BrN5O2/c22-13-4-6-16-15(8-13)21(29)27(11-23-16)10-19(28)24-14-5-7-17-18(9-14)26-20(25-17)12-2-1-3-12/h4-9,11-12H,1-3,10H2,(H,24,28)(H,25,26). The van der Waals surface area contributed by atoms with Crippen LogP contribution in [0.2, 0.25) is 0 Å². The average molecular weight is 452 g/mol. The van der Waals surface area contributed by atoms with Crippen molar-refractivity contribution in [2.24, 2.45) is 0 Å². The van der Waals surface area contributed by atoms with Crippen molar-refractivity contribution in [1.29, 1.82) is 0 Å². The Labute approximate surface area is 174 Å². The molecule has 0 atom stereocenters. The molecule has 1 aliphatic rings. The predicted molar refractivity (Wildman–Crippen MR) is 115 cm³/mol. The van der Waals surface area contributed by atoms with Crippen LogP contribution in [-0.4, -0.2) is 25.4 Å². The van der Waals surface area contributed by atoms with Crippen molar-refractivity contribution in [2.45, 2.75) is 31.7 Å². The fraction of sp³-hybridized carbons (Fsp3) is 0.238. The van der Waals surface area contributed by atoms with E-state index in [1.54, 1.807) is 12.1 Å². The number of hydrogen-bond acceptors (Lipinski definition) is 4. The molecule has 1 aliphatic carbocycles. The van der Waals surface area contributed by atoms with Crippen molar-refractivity contribution in [2.75, 3.05) is 5.32 Å². The number of imidazole rings is 1.